The number of rotatable bonds is 12. The van der Waals surface area contributed by atoms with Crippen molar-refractivity contribution in [2.45, 2.75) is 58.5 Å². The first kappa shape index (κ1) is 21.8. The van der Waals surface area contributed by atoms with Crippen molar-refractivity contribution in [2.75, 3.05) is 6.61 Å². The maximum absolute atomic E-state index is 11.3. The molecule has 5 nitrogen and oxygen atoms in total. The van der Waals surface area contributed by atoms with Crippen molar-refractivity contribution in [2.24, 2.45) is 0 Å². The van der Waals surface area contributed by atoms with E-state index in [9.17, 15) is 15.0 Å². The Kier molecular flexibility index (Phi) is 8.82. The lowest BCUT2D eigenvalue weighted by Crippen LogP contribution is -2.08. The highest BCUT2D eigenvalue weighted by Crippen LogP contribution is 2.30. The van der Waals surface area contributed by atoms with E-state index in [0.717, 1.165) is 44.1 Å². The molecule has 0 amide bonds. The minimum atomic E-state index is -0.977. The van der Waals surface area contributed by atoms with Crippen molar-refractivity contribution >= 4 is 5.97 Å². The molecule has 0 spiro atoms. The summed E-state index contributed by atoms with van der Waals surface area (Å²) in [4.78, 5) is 11.3. The minimum absolute atomic E-state index is 0.202. The molecule has 0 radical (unpaired) electrons. The molecule has 1 atom stereocenters. The summed E-state index contributed by atoms with van der Waals surface area (Å²) in [5.41, 5.74) is 1.18. The molecule has 2 rings (SSSR count). The first-order chi connectivity index (χ1) is 13.5. The molecule has 28 heavy (non-hydrogen) atoms. The highest BCUT2D eigenvalue weighted by atomic mass is 16.5. The molecule has 0 aromatic heterocycles. The molecule has 0 fully saturated rings. The van der Waals surface area contributed by atoms with E-state index in [1.54, 1.807) is 18.2 Å². The molecule has 1 unspecified atom stereocenters. The van der Waals surface area contributed by atoms with Crippen LogP contribution in [0.15, 0.2) is 42.5 Å². The van der Waals surface area contributed by atoms with Gasteiger partial charge in [-0.15, -0.1) is 0 Å². The predicted molar refractivity (Wildman–Crippen MR) is 110 cm³/mol. The molecule has 0 aliphatic rings. The van der Waals surface area contributed by atoms with Gasteiger partial charge in [0.05, 0.1) is 18.3 Å². The van der Waals surface area contributed by atoms with Crippen LogP contribution in [0.2, 0.25) is 0 Å². The number of ether oxygens (including phenoxy) is 2. The summed E-state index contributed by atoms with van der Waals surface area (Å²) in [6.45, 7) is 4.66. The molecule has 2 N–H and O–H groups in total. The fourth-order valence-electron chi connectivity index (χ4n) is 3.00. The van der Waals surface area contributed by atoms with Gasteiger partial charge in [-0.25, -0.2) is 4.79 Å². The first-order valence-corrected chi connectivity index (χ1v) is 9.98. The van der Waals surface area contributed by atoms with Crippen molar-refractivity contribution in [3.05, 3.63) is 53.6 Å². The molecule has 0 aliphatic heterocycles. The third kappa shape index (κ3) is 6.89. The van der Waals surface area contributed by atoms with E-state index in [-0.39, 0.29) is 11.7 Å². The molecular formula is C23H30O5. The molecular weight excluding hydrogens is 356 g/mol. The van der Waals surface area contributed by atoms with E-state index < -0.39 is 5.97 Å². The number of aromatic carboxylic acids is 1. The summed E-state index contributed by atoms with van der Waals surface area (Å²) >= 11 is 0. The average Bonchev–Trinajstić information content (AvgIpc) is 2.67. The second-order valence-corrected chi connectivity index (χ2v) is 6.89. The van der Waals surface area contributed by atoms with Gasteiger partial charge in [-0.2, -0.15) is 0 Å². The lowest BCUT2D eigenvalue weighted by molar-refractivity contribution is 0.0696. The summed E-state index contributed by atoms with van der Waals surface area (Å²) < 4.78 is 11.8. The Labute approximate surface area is 166 Å². The summed E-state index contributed by atoms with van der Waals surface area (Å²) in [7, 11) is 0. The van der Waals surface area contributed by atoms with E-state index >= 15 is 0 Å². The van der Waals surface area contributed by atoms with Gasteiger partial charge in [-0.1, -0.05) is 38.8 Å². The third-order valence-electron chi connectivity index (χ3n) is 4.44. The summed E-state index contributed by atoms with van der Waals surface area (Å²) in [6.07, 6.45) is 4.80. The van der Waals surface area contributed by atoms with E-state index in [4.69, 9.17) is 9.47 Å². The number of benzene rings is 2. The Balaban J connectivity index is 2.02. The van der Waals surface area contributed by atoms with Crippen LogP contribution in [-0.4, -0.2) is 28.9 Å². The fourth-order valence-corrected chi connectivity index (χ4v) is 3.00. The van der Waals surface area contributed by atoms with Gasteiger partial charge in [-0.3, -0.25) is 0 Å². The largest absolute Gasteiger partial charge is 0.493 e. The second kappa shape index (κ2) is 11.3. The van der Waals surface area contributed by atoms with Crippen molar-refractivity contribution in [3.8, 4) is 17.2 Å². The average molecular weight is 386 g/mol. The van der Waals surface area contributed by atoms with E-state index in [0.29, 0.717) is 23.9 Å². The number of aliphatic hydroxyl groups is 1. The number of aryl methyl sites for hydroxylation is 1. The lowest BCUT2D eigenvalue weighted by Gasteiger charge is -2.13. The van der Waals surface area contributed by atoms with Gasteiger partial charge in [0.15, 0.2) is 0 Å². The van der Waals surface area contributed by atoms with Crippen molar-refractivity contribution in [1.82, 2.24) is 0 Å². The van der Waals surface area contributed by atoms with Gasteiger partial charge in [0.25, 0.3) is 0 Å². The zero-order chi connectivity index (χ0) is 20.4. The third-order valence-corrected chi connectivity index (χ3v) is 4.44. The smallest absolute Gasteiger partial charge is 0.335 e. The Morgan fingerprint density at radius 1 is 1.04 bits per heavy atom. The molecule has 2 aromatic carbocycles. The Bertz CT molecular complexity index is 756. The van der Waals surface area contributed by atoms with Gasteiger partial charge in [-0.05, 0) is 55.5 Å². The van der Waals surface area contributed by atoms with Crippen LogP contribution in [0.1, 0.15) is 61.9 Å². The number of carboxylic acids is 1. The van der Waals surface area contributed by atoms with Crippen LogP contribution in [0.4, 0.5) is 0 Å². The van der Waals surface area contributed by atoms with Crippen molar-refractivity contribution in [3.63, 3.8) is 0 Å². The highest BCUT2D eigenvalue weighted by molar-refractivity contribution is 5.88. The van der Waals surface area contributed by atoms with Gasteiger partial charge in [0.1, 0.15) is 17.2 Å². The number of hydrogen-bond acceptors (Lipinski definition) is 4. The van der Waals surface area contributed by atoms with E-state index in [1.807, 2.05) is 24.3 Å². The summed E-state index contributed by atoms with van der Waals surface area (Å²) in [6, 6.07) is 12.3. The molecule has 0 saturated carbocycles. The van der Waals surface area contributed by atoms with E-state index in [2.05, 4.69) is 13.8 Å². The van der Waals surface area contributed by atoms with Crippen LogP contribution in [0.3, 0.4) is 0 Å². The van der Waals surface area contributed by atoms with Crippen LogP contribution in [-0.2, 0) is 6.42 Å². The van der Waals surface area contributed by atoms with E-state index in [1.165, 1.54) is 0 Å². The predicted octanol–water partition coefficient (Wildman–Crippen LogP) is 5.45. The minimum Gasteiger partial charge on any atom is -0.493 e. The standard InChI is InChI=1S/C23H30O5/c1-3-7-17-12-13-18(23(25)26)15-22(17)28-21-11-5-10-20(16-21)27-14-6-9-19(24)8-4-2/h5,10-13,15-16,19,24H,3-4,6-9,14H2,1-2H3,(H,25,26). The maximum atomic E-state index is 11.3. The Hall–Kier alpha value is -2.53. The zero-order valence-electron chi connectivity index (χ0n) is 16.7. The summed E-state index contributed by atoms with van der Waals surface area (Å²) in [5.74, 6) is 0.870. The number of carboxylic acid groups (broad SMARTS) is 1. The van der Waals surface area contributed by atoms with Crippen molar-refractivity contribution in [1.29, 1.82) is 0 Å². The quantitative estimate of drug-likeness (QED) is 0.474. The van der Waals surface area contributed by atoms with Crippen LogP contribution in [0.25, 0.3) is 0 Å². The Morgan fingerprint density at radius 2 is 1.82 bits per heavy atom. The van der Waals surface area contributed by atoms with Gasteiger partial charge >= 0.3 is 5.97 Å². The Morgan fingerprint density at radius 3 is 2.54 bits per heavy atom. The molecule has 0 bridgehead atoms. The summed E-state index contributed by atoms with van der Waals surface area (Å²) in [5, 5.41) is 19.0. The first-order valence-electron chi connectivity index (χ1n) is 9.98. The molecule has 152 valence electrons. The molecule has 0 heterocycles. The SMILES string of the molecule is CCCc1ccc(C(=O)O)cc1Oc1cccc(OCCCC(O)CCC)c1. The number of carbonyl (C=O) groups is 1. The fraction of sp³-hybridized carbons (Fsp3) is 0.435. The zero-order valence-corrected chi connectivity index (χ0v) is 16.7. The second-order valence-electron chi connectivity index (χ2n) is 6.89. The maximum Gasteiger partial charge on any atom is 0.335 e. The van der Waals surface area contributed by atoms with Crippen LogP contribution >= 0.6 is 0 Å². The topological polar surface area (TPSA) is 76.0 Å². The molecule has 0 aliphatic carbocycles. The van der Waals surface area contributed by atoms with Gasteiger partial charge in [0, 0.05) is 6.07 Å². The number of hydrogen-bond donors (Lipinski definition) is 2. The number of aliphatic hydroxyl groups excluding tert-OH is 1. The normalized spacial score (nSPS) is 11.8. The molecule has 0 saturated heterocycles. The molecule has 5 heteroatoms. The van der Waals surface area contributed by atoms with Crippen LogP contribution in [0.5, 0.6) is 17.2 Å². The van der Waals surface area contributed by atoms with Crippen molar-refractivity contribution < 1.29 is 24.5 Å². The van der Waals surface area contributed by atoms with Crippen LogP contribution in [0, 0.1) is 0 Å². The van der Waals surface area contributed by atoms with Gasteiger partial charge in [0.2, 0.25) is 0 Å². The monoisotopic (exact) mass is 386 g/mol. The van der Waals surface area contributed by atoms with Gasteiger partial charge < -0.3 is 19.7 Å². The van der Waals surface area contributed by atoms with Crippen LogP contribution < -0.4 is 9.47 Å². The molecule has 2 aromatic rings. The highest BCUT2D eigenvalue weighted by Gasteiger charge is 2.11. The lowest BCUT2D eigenvalue weighted by atomic mass is 10.1.